The minimum absolute atomic E-state index is 0.00189. The van der Waals surface area contributed by atoms with E-state index in [2.05, 4.69) is 0 Å². The van der Waals surface area contributed by atoms with Crippen molar-refractivity contribution in [2.45, 2.75) is 9.79 Å². The monoisotopic (exact) mass is 348 g/mol. The first-order chi connectivity index (χ1) is 9.96. The summed E-state index contributed by atoms with van der Waals surface area (Å²) >= 11 is 0. The van der Waals surface area contributed by atoms with E-state index in [1.165, 1.54) is 0 Å². The Morgan fingerprint density at radius 1 is 0.864 bits per heavy atom. The second kappa shape index (κ2) is 4.91. The maximum atomic E-state index is 11.2. The summed E-state index contributed by atoms with van der Waals surface area (Å²) in [6.45, 7) is 0. The van der Waals surface area contributed by atoms with Gasteiger partial charge in [0.25, 0.3) is 20.2 Å². The number of carbonyl (C=O) groups is 1. The third-order valence-corrected chi connectivity index (χ3v) is 4.59. The van der Waals surface area contributed by atoms with Gasteiger partial charge in [0.15, 0.2) is 6.29 Å². The van der Waals surface area contributed by atoms with Gasteiger partial charge < -0.3 is 10.2 Å². The molecule has 0 bridgehead atoms. The number of phenolic OH excluding ortho intramolecular Hbond substituents is 2. The molecule has 0 radical (unpaired) electrons. The van der Waals surface area contributed by atoms with Crippen LogP contribution in [0, 0.1) is 0 Å². The average Bonchev–Trinajstić information content (AvgIpc) is 2.35. The Hall–Kier alpha value is -2.21. The van der Waals surface area contributed by atoms with Crippen LogP contribution < -0.4 is 0 Å². The number of benzene rings is 2. The van der Waals surface area contributed by atoms with Crippen LogP contribution in [0.3, 0.4) is 0 Å². The van der Waals surface area contributed by atoms with Gasteiger partial charge in [0.05, 0.1) is 10.3 Å². The van der Waals surface area contributed by atoms with Crippen molar-refractivity contribution in [1.29, 1.82) is 0 Å². The van der Waals surface area contributed by atoms with E-state index in [0.29, 0.717) is 18.2 Å². The molecule has 0 aliphatic heterocycles. The van der Waals surface area contributed by atoms with E-state index in [4.69, 9.17) is 9.11 Å². The highest BCUT2D eigenvalue weighted by Crippen LogP contribution is 2.39. The molecule has 0 unspecified atom stereocenters. The molecular formula is C11H8O9S2. The normalized spacial score (nSPS) is 12.5. The molecule has 4 N–H and O–H groups in total. The van der Waals surface area contributed by atoms with E-state index in [0.717, 1.165) is 0 Å². The summed E-state index contributed by atoms with van der Waals surface area (Å²) < 4.78 is 62.7. The molecule has 0 aliphatic carbocycles. The molecule has 11 heteroatoms. The maximum Gasteiger partial charge on any atom is 0.295 e. The zero-order valence-corrected chi connectivity index (χ0v) is 12.1. The van der Waals surface area contributed by atoms with Gasteiger partial charge in [-0.1, -0.05) is 0 Å². The van der Waals surface area contributed by atoms with Gasteiger partial charge in [-0.25, -0.2) is 0 Å². The van der Waals surface area contributed by atoms with Crippen LogP contribution in [-0.4, -0.2) is 42.4 Å². The predicted molar refractivity (Wildman–Crippen MR) is 72.3 cm³/mol. The second-order valence-electron chi connectivity index (χ2n) is 4.24. The average molecular weight is 348 g/mol. The molecule has 0 atom stereocenters. The number of carbonyl (C=O) groups excluding carboxylic acids is 1. The van der Waals surface area contributed by atoms with Gasteiger partial charge in [0.2, 0.25) is 0 Å². The van der Waals surface area contributed by atoms with Gasteiger partial charge in [-0.3, -0.25) is 13.9 Å². The Kier molecular flexibility index (Phi) is 3.61. The van der Waals surface area contributed by atoms with Crippen LogP contribution in [0.2, 0.25) is 0 Å². The lowest BCUT2D eigenvalue weighted by Crippen LogP contribution is -2.05. The topological polar surface area (TPSA) is 166 Å². The van der Waals surface area contributed by atoms with Crippen molar-refractivity contribution in [3.63, 3.8) is 0 Å². The van der Waals surface area contributed by atoms with E-state index < -0.39 is 57.9 Å². The van der Waals surface area contributed by atoms with Gasteiger partial charge >= 0.3 is 0 Å². The first-order valence-electron chi connectivity index (χ1n) is 5.39. The van der Waals surface area contributed by atoms with Crippen molar-refractivity contribution in [3.05, 3.63) is 23.8 Å². The van der Waals surface area contributed by atoms with Crippen LogP contribution in [0.25, 0.3) is 10.8 Å². The molecule has 0 saturated heterocycles. The minimum atomic E-state index is -4.91. The van der Waals surface area contributed by atoms with Crippen LogP contribution >= 0.6 is 0 Å². The summed E-state index contributed by atoms with van der Waals surface area (Å²) in [7, 11) is -9.68. The van der Waals surface area contributed by atoms with E-state index in [1.807, 2.05) is 0 Å². The quantitative estimate of drug-likeness (QED) is 0.457. The van der Waals surface area contributed by atoms with E-state index in [1.54, 1.807) is 0 Å². The molecule has 0 spiro atoms. The molecule has 118 valence electrons. The van der Waals surface area contributed by atoms with Crippen LogP contribution in [-0.2, 0) is 20.2 Å². The first kappa shape index (κ1) is 16.2. The number of hydrogen-bond donors (Lipinski definition) is 4. The summed E-state index contributed by atoms with van der Waals surface area (Å²) in [6.07, 6.45) is -0.00189. The predicted octanol–water partition coefficient (Wildman–Crippen LogP) is 0.557. The minimum Gasteiger partial charge on any atom is -0.507 e. The van der Waals surface area contributed by atoms with E-state index in [9.17, 15) is 31.8 Å². The molecule has 2 aromatic rings. The molecule has 0 aliphatic rings. The Morgan fingerprint density at radius 2 is 1.41 bits per heavy atom. The lowest BCUT2D eigenvalue weighted by Gasteiger charge is -2.11. The Bertz CT molecular complexity index is 996. The van der Waals surface area contributed by atoms with Gasteiger partial charge in [-0.05, 0) is 6.07 Å². The van der Waals surface area contributed by atoms with Gasteiger partial charge in [-0.2, -0.15) is 16.8 Å². The summed E-state index contributed by atoms with van der Waals surface area (Å²) in [5.74, 6) is -1.62. The molecule has 0 fully saturated rings. The van der Waals surface area contributed by atoms with Crippen molar-refractivity contribution in [1.82, 2.24) is 0 Å². The molecule has 0 saturated carbocycles. The lowest BCUT2D eigenvalue weighted by atomic mass is 10.0. The molecule has 2 aromatic carbocycles. The number of fused-ring (bicyclic) bond motifs is 1. The van der Waals surface area contributed by atoms with E-state index >= 15 is 0 Å². The summed E-state index contributed by atoms with van der Waals surface area (Å²) in [4.78, 5) is 9.32. The van der Waals surface area contributed by atoms with E-state index in [-0.39, 0.29) is 6.29 Å². The van der Waals surface area contributed by atoms with Crippen LogP contribution in [0.1, 0.15) is 10.4 Å². The maximum absolute atomic E-state index is 11.2. The second-order valence-corrected chi connectivity index (χ2v) is 7.05. The standard InChI is InChI=1S/C11H8O9S2/c12-4-7-6-1-5(21(15,16)17)2-8(13)11(6)9(14)3-10(7)22(18,19)20/h1-4,13-14H,(H,15,16,17)(H,18,19,20). The smallest absolute Gasteiger partial charge is 0.295 e. The third-order valence-electron chi connectivity index (χ3n) is 2.86. The Balaban J connectivity index is 3.14. The van der Waals surface area contributed by atoms with Gasteiger partial charge in [0, 0.05) is 23.1 Å². The fourth-order valence-corrected chi connectivity index (χ4v) is 3.20. The molecule has 0 amide bonds. The number of aldehydes is 1. The van der Waals surface area contributed by atoms with Crippen LogP contribution in [0.5, 0.6) is 11.5 Å². The van der Waals surface area contributed by atoms with Crippen LogP contribution in [0.15, 0.2) is 28.0 Å². The fourth-order valence-electron chi connectivity index (χ4n) is 1.97. The largest absolute Gasteiger partial charge is 0.507 e. The zero-order chi connectivity index (χ0) is 16.9. The molecule has 9 nitrogen and oxygen atoms in total. The van der Waals surface area contributed by atoms with Crippen molar-refractivity contribution in [2.75, 3.05) is 0 Å². The molecule has 0 aromatic heterocycles. The molecule has 0 heterocycles. The van der Waals surface area contributed by atoms with Crippen molar-refractivity contribution in [2.24, 2.45) is 0 Å². The highest BCUT2D eigenvalue weighted by molar-refractivity contribution is 7.86. The molecule has 2 rings (SSSR count). The molecular weight excluding hydrogens is 340 g/mol. The Morgan fingerprint density at radius 3 is 1.86 bits per heavy atom. The lowest BCUT2D eigenvalue weighted by molar-refractivity contribution is 0.112. The number of rotatable bonds is 3. The SMILES string of the molecule is O=Cc1c(S(=O)(=O)O)cc(O)c2c(O)cc(S(=O)(=O)O)cc12. The number of aromatic hydroxyl groups is 2. The van der Waals surface area contributed by atoms with Crippen LogP contribution in [0.4, 0.5) is 0 Å². The number of hydrogen-bond acceptors (Lipinski definition) is 7. The summed E-state index contributed by atoms with van der Waals surface area (Å²) in [6, 6.07) is 1.83. The fraction of sp³-hybridized carbons (Fsp3) is 0. The molecule has 22 heavy (non-hydrogen) atoms. The highest BCUT2D eigenvalue weighted by atomic mass is 32.2. The van der Waals surface area contributed by atoms with Crippen molar-refractivity contribution >= 4 is 37.3 Å². The highest BCUT2D eigenvalue weighted by Gasteiger charge is 2.24. The summed E-state index contributed by atoms with van der Waals surface area (Å²) in [5.41, 5.74) is -0.684. The Labute approximate surface area is 123 Å². The van der Waals surface area contributed by atoms with Gasteiger partial charge in [-0.15, -0.1) is 0 Å². The van der Waals surface area contributed by atoms with Crippen molar-refractivity contribution in [3.8, 4) is 11.5 Å². The third kappa shape index (κ3) is 2.62. The van der Waals surface area contributed by atoms with Crippen molar-refractivity contribution < 1.29 is 40.9 Å². The van der Waals surface area contributed by atoms with Gasteiger partial charge in [0.1, 0.15) is 16.4 Å². The number of phenols is 2. The summed E-state index contributed by atoms with van der Waals surface area (Å²) in [5, 5.41) is 18.6. The zero-order valence-electron chi connectivity index (χ0n) is 10.5. The first-order valence-corrected chi connectivity index (χ1v) is 8.27.